The molecule has 13 heavy (non-hydrogen) atoms. The SMILES string of the molecule is CNc1cc(C)oc(=O)c1C(C)=O. The van der Waals surface area contributed by atoms with Crippen LogP contribution in [-0.4, -0.2) is 12.8 Å². The molecular weight excluding hydrogens is 170 g/mol. The van der Waals surface area contributed by atoms with Crippen LogP contribution in [0.25, 0.3) is 0 Å². The fourth-order valence-electron chi connectivity index (χ4n) is 1.14. The molecular formula is C9H11NO3. The molecule has 0 aromatic carbocycles. The average molecular weight is 181 g/mol. The van der Waals surface area contributed by atoms with Gasteiger partial charge in [-0.2, -0.15) is 0 Å². The first-order valence-corrected chi connectivity index (χ1v) is 3.89. The molecule has 1 rings (SSSR count). The Labute approximate surface area is 75.6 Å². The summed E-state index contributed by atoms with van der Waals surface area (Å²) in [6, 6.07) is 1.62. The standard InChI is InChI=1S/C9H11NO3/c1-5-4-7(10-3)8(6(2)11)9(12)13-5/h4,10H,1-3H3. The topological polar surface area (TPSA) is 59.3 Å². The molecule has 0 spiro atoms. The van der Waals surface area contributed by atoms with Gasteiger partial charge < -0.3 is 9.73 Å². The molecule has 0 saturated carbocycles. The van der Waals surface area contributed by atoms with Gasteiger partial charge in [-0.1, -0.05) is 0 Å². The number of rotatable bonds is 2. The van der Waals surface area contributed by atoms with Crippen LogP contribution < -0.4 is 10.9 Å². The fourth-order valence-corrected chi connectivity index (χ4v) is 1.14. The maximum atomic E-state index is 11.2. The molecule has 0 atom stereocenters. The van der Waals surface area contributed by atoms with Crippen LogP contribution in [-0.2, 0) is 0 Å². The van der Waals surface area contributed by atoms with E-state index < -0.39 is 5.63 Å². The molecule has 1 heterocycles. The summed E-state index contributed by atoms with van der Waals surface area (Å²) < 4.78 is 4.80. The molecule has 4 nitrogen and oxygen atoms in total. The van der Waals surface area contributed by atoms with E-state index in [9.17, 15) is 9.59 Å². The molecule has 0 aliphatic rings. The lowest BCUT2D eigenvalue weighted by molar-refractivity contribution is 0.101. The molecule has 1 N–H and O–H groups in total. The van der Waals surface area contributed by atoms with Crippen LogP contribution in [0, 0.1) is 6.92 Å². The van der Waals surface area contributed by atoms with Gasteiger partial charge in [0.25, 0.3) is 0 Å². The molecule has 1 aromatic heterocycles. The van der Waals surface area contributed by atoms with Crippen molar-refractivity contribution in [3.8, 4) is 0 Å². The molecule has 0 fully saturated rings. The molecule has 1 aromatic rings. The summed E-state index contributed by atoms with van der Waals surface area (Å²) in [6.07, 6.45) is 0. The van der Waals surface area contributed by atoms with Crippen LogP contribution in [0.1, 0.15) is 23.0 Å². The Morgan fingerprint density at radius 3 is 2.62 bits per heavy atom. The van der Waals surface area contributed by atoms with Crippen LogP contribution >= 0.6 is 0 Å². The Morgan fingerprint density at radius 2 is 2.15 bits per heavy atom. The van der Waals surface area contributed by atoms with E-state index >= 15 is 0 Å². The molecule has 4 heteroatoms. The van der Waals surface area contributed by atoms with Crippen LogP contribution in [0.5, 0.6) is 0 Å². The van der Waals surface area contributed by atoms with Gasteiger partial charge in [0.1, 0.15) is 11.3 Å². The zero-order valence-corrected chi connectivity index (χ0v) is 7.80. The van der Waals surface area contributed by atoms with Gasteiger partial charge in [0.15, 0.2) is 5.78 Å². The predicted molar refractivity (Wildman–Crippen MR) is 49.3 cm³/mol. The Bertz CT molecular complexity index is 392. The number of hydrogen-bond donors (Lipinski definition) is 1. The van der Waals surface area contributed by atoms with Crippen LogP contribution in [0.2, 0.25) is 0 Å². The second-order valence-corrected chi connectivity index (χ2v) is 2.74. The van der Waals surface area contributed by atoms with Crippen molar-refractivity contribution in [1.29, 1.82) is 0 Å². The van der Waals surface area contributed by atoms with Crippen molar-refractivity contribution in [1.82, 2.24) is 0 Å². The van der Waals surface area contributed by atoms with Gasteiger partial charge in [-0.05, 0) is 13.8 Å². The maximum Gasteiger partial charge on any atom is 0.348 e. The highest BCUT2D eigenvalue weighted by atomic mass is 16.4. The largest absolute Gasteiger partial charge is 0.428 e. The molecule has 70 valence electrons. The van der Waals surface area contributed by atoms with E-state index in [1.807, 2.05) is 0 Å². The number of hydrogen-bond acceptors (Lipinski definition) is 4. The lowest BCUT2D eigenvalue weighted by Crippen LogP contribution is -2.15. The summed E-state index contributed by atoms with van der Waals surface area (Å²) in [7, 11) is 1.65. The number of aryl methyl sites for hydroxylation is 1. The Kier molecular flexibility index (Phi) is 2.51. The third-order valence-corrected chi connectivity index (χ3v) is 1.70. The van der Waals surface area contributed by atoms with E-state index in [0.29, 0.717) is 11.4 Å². The third-order valence-electron chi connectivity index (χ3n) is 1.70. The predicted octanol–water partition coefficient (Wildman–Crippen LogP) is 1.19. The van der Waals surface area contributed by atoms with Crippen molar-refractivity contribution in [3.05, 3.63) is 27.8 Å². The molecule has 0 unspecified atom stereocenters. The first kappa shape index (κ1) is 9.51. The smallest absolute Gasteiger partial charge is 0.348 e. The molecule has 0 aliphatic carbocycles. The van der Waals surface area contributed by atoms with Crippen molar-refractivity contribution in [2.75, 3.05) is 12.4 Å². The minimum absolute atomic E-state index is 0.0769. The van der Waals surface area contributed by atoms with E-state index in [0.717, 1.165) is 0 Å². The van der Waals surface area contributed by atoms with Crippen molar-refractivity contribution < 1.29 is 9.21 Å². The van der Waals surface area contributed by atoms with Gasteiger partial charge in [0, 0.05) is 13.1 Å². The number of carbonyl (C=O) groups is 1. The second-order valence-electron chi connectivity index (χ2n) is 2.74. The van der Waals surface area contributed by atoms with Crippen LogP contribution in [0.3, 0.4) is 0 Å². The molecule has 0 amide bonds. The van der Waals surface area contributed by atoms with Crippen molar-refractivity contribution in [2.45, 2.75) is 13.8 Å². The number of carbonyl (C=O) groups excluding carboxylic acids is 1. The molecule has 0 saturated heterocycles. The molecule has 0 radical (unpaired) electrons. The number of Topliss-reactive ketones (excluding diaryl/α,β-unsaturated/α-hetero) is 1. The van der Waals surface area contributed by atoms with E-state index in [1.54, 1.807) is 20.0 Å². The highest BCUT2D eigenvalue weighted by Gasteiger charge is 2.13. The third kappa shape index (κ3) is 1.77. The van der Waals surface area contributed by atoms with Gasteiger partial charge >= 0.3 is 5.63 Å². The van der Waals surface area contributed by atoms with Gasteiger partial charge in [-0.15, -0.1) is 0 Å². The van der Waals surface area contributed by atoms with Crippen molar-refractivity contribution in [3.63, 3.8) is 0 Å². The number of ketones is 1. The fraction of sp³-hybridized carbons (Fsp3) is 0.333. The van der Waals surface area contributed by atoms with Gasteiger partial charge in [-0.3, -0.25) is 4.79 Å². The first-order valence-electron chi connectivity index (χ1n) is 3.89. The average Bonchev–Trinajstić information content (AvgIpc) is 2.01. The Balaban J connectivity index is 3.48. The van der Waals surface area contributed by atoms with E-state index in [-0.39, 0.29) is 11.3 Å². The van der Waals surface area contributed by atoms with Crippen LogP contribution in [0.15, 0.2) is 15.3 Å². The lowest BCUT2D eigenvalue weighted by Gasteiger charge is -2.04. The lowest BCUT2D eigenvalue weighted by atomic mass is 10.1. The highest BCUT2D eigenvalue weighted by Crippen LogP contribution is 2.12. The van der Waals surface area contributed by atoms with Gasteiger partial charge in [0.05, 0.1) is 5.69 Å². The van der Waals surface area contributed by atoms with Crippen molar-refractivity contribution in [2.24, 2.45) is 0 Å². The second kappa shape index (κ2) is 3.43. The number of anilines is 1. The summed E-state index contributed by atoms with van der Waals surface area (Å²) in [6.45, 7) is 2.99. The minimum atomic E-state index is -0.586. The number of nitrogens with one attached hydrogen (secondary N) is 1. The summed E-state index contributed by atoms with van der Waals surface area (Å²) in [5.41, 5.74) is 0.00574. The summed E-state index contributed by atoms with van der Waals surface area (Å²) in [4.78, 5) is 22.3. The highest BCUT2D eigenvalue weighted by molar-refractivity contribution is 5.98. The maximum absolute atomic E-state index is 11.2. The Hall–Kier alpha value is -1.58. The van der Waals surface area contributed by atoms with Crippen molar-refractivity contribution >= 4 is 11.5 Å². The quantitative estimate of drug-likeness (QED) is 0.696. The minimum Gasteiger partial charge on any atom is -0.428 e. The zero-order chi connectivity index (χ0) is 10.0. The summed E-state index contributed by atoms with van der Waals surface area (Å²) >= 11 is 0. The van der Waals surface area contributed by atoms with Gasteiger partial charge in [0.2, 0.25) is 0 Å². The monoisotopic (exact) mass is 181 g/mol. The van der Waals surface area contributed by atoms with E-state index in [4.69, 9.17) is 4.42 Å². The molecule has 0 aliphatic heterocycles. The van der Waals surface area contributed by atoms with E-state index in [1.165, 1.54) is 6.92 Å². The normalized spacial score (nSPS) is 9.77. The summed E-state index contributed by atoms with van der Waals surface area (Å²) in [5.74, 6) is 0.192. The van der Waals surface area contributed by atoms with Gasteiger partial charge in [-0.25, -0.2) is 4.79 Å². The van der Waals surface area contributed by atoms with Crippen LogP contribution in [0.4, 0.5) is 5.69 Å². The Morgan fingerprint density at radius 1 is 1.54 bits per heavy atom. The summed E-state index contributed by atoms with van der Waals surface area (Å²) in [5, 5.41) is 2.78. The molecule has 0 bridgehead atoms. The van der Waals surface area contributed by atoms with E-state index in [2.05, 4.69) is 5.32 Å². The zero-order valence-electron chi connectivity index (χ0n) is 7.80. The first-order chi connectivity index (χ1) is 6.06.